The molecule has 1 aromatic heterocycles. The van der Waals surface area contributed by atoms with Gasteiger partial charge in [-0.15, -0.1) is 0 Å². The lowest BCUT2D eigenvalue weighted by Gasteiger charge is -2.11. The monoisotopic (exact) mass is 261 g/mol. The van der Waals surface area contributed by atoms with E-state index in [1.165, 1.54) is 12.4 Å². The van der Waals surface area contributed by atoms with Crippen LogP contribution in [-0.2, 0) is 13.0 Å². The van der Waals surface area contributed by atoms with Gasteiger partial charge in [-0.1, -0.05) is 13.0 Å². The number of hydrogen-bond donors (Lipinski definition) is 1. The van der Waals surface area contributed by atoms with Crippen LogP contribution in [0.3, 0.4) is 0 Å². The Morgan fingerprint density at radius 1 is 1.53 bits per heavy atom. The van der Waals surface area contributed by atoms with Crippen LogP contribution >= 0.6 is 0 Å². The van der Waals surface area contributed by atoms with Crippen LogP contribution < -0.4 is 5.73 Å². The number of nitrogens with two attached hydrogens (primary N) is 1. The molecule has 0 spiro atoms. The highest BCUT2D eigenvalue weighted by Gasteiger charge is 2.13. The summed E-state index contributed by atoms with van der Waals surface area (Å²) in [5.41, 5.74) is 6.62. The zero-order chi connectivity index (χ0) is 13.8. The number of benzene rings is 1. The van der Waals surface area contributed by atoms with Crippen LogP contribution in [0.15, 0.2) is 30.9 Å². The molecule has 1 atom stereocenters. The van der Waals surface area contributed by atoms with Gasteiger partial charge in [0.25, 0.3) is 5.69 Å². The van der Waals surface area contributed by atoms with Gasteiger partial charge in [0.1, 0.15) is 18.3 Å². The number of hydrogen-bond acceptors (Lipinski definition) is 5. The molecule has 0 bridgehead atoms. The van der Waals surface area contributed by atoms with E-state index in [4.69, 9.17) is 5.73 Å². The zero-order valence-corrected chi connectivity index (χ0v) is 10.6. The van der Waals surface area contributed by atoms with Crippen molar-refractivity contribution in [2.75, 3.05) is 5.73 Å². The first-order chi connectivity index (χ1) is 9.06. The van der Waals surface area contributed by atoms with E-state index in [0.29, 0.717) is 5.92 Å². The average Bonchev–Trinajstić information content (AvgIpc) is 2.84. The molecule has 0 amide bonds. The maximum absolute atomic E-state index is 10.8. The van der Waals surface area contributed by atoms with Crippen molar-refractivity contribution in [2.45, 2.75) is 19.9 Å². The Bertz CT molecular complexity index is 568. The number of nitrogens with zero attached hydrogens (tertiary/aromatic N) is 4. The van der Waals surface area contributed by atoms with Gasteiger partial charge in [0.2, 0.25) is 0 Å². The minimum atomic E-state index is -0.457. The normalized spacial score (nSPS) is 12.3. The first-order valence-electron chi connectivity index (χ1n) is 5.91. The van der Waals surface area contributed by atoms with Crippen LogP contribution in [-0.4, -0.2) is 19.7 Å². The highest BCUT2D eigenvalue weighted by Crippen LogP contribution is 2.23. The summed E-state index contributed by atoms with van der Waals surface area (Å²) in [6.45, 7) is 2.78. The summed E-state index contributed by atoms with van der Waals surface area (Å²) in [7, 11) is 0. The average molecular weight is 261 g/mol. The molecule has 1 unspecified atom stereocenters. The Balaban J connectivity index is 2.06. The van der Waals surface area contributed by atoms with Gasteiger partial charge in [-0.2, -0.15) is 5.10 Å². The van der Waals surface area contributed by atoms with Crippen molar-refractivity contribution in [2.24, 2.45) is 5.92 Å². The van der Waals surface area contributed by atoms with E-state index < -0.39 is 4.92 Å². The molecule has 0 saturated heterocycles. The second-order valence-electron chi connectivity index (χ2n) is 4.58. The van der Waals surface area contributed by atoms with Crippen LogP contribution in [0.25, 0.3) is 0 Å². The number of anilines is 1. The van der Waals surface area contributed by atoms with Gasteiger partial charge in [-0.05, 0) is 24.0 Å². The second-order valence-corrected chi connectivity index (χ2v) is 4.58. The summed E-state index contributed by atoms with van der Waals surface area (Å²) < 4.78 is 1.75. The van der Waals surface area contributed by atoms with Crippen molar-refractivity contribution in [1.82, 2.24) is 14.8 Å². The predicted molar refractivity (Wildman–Crippen MR) is 70.4 cm³/mol. The SMILES string of the molecule is CC(Cc1ccc(N)c([N+](=O)[O-])c1)Cn1cncn1. The van der Waals surface area contributed by atoms with E-state index >= 15 is 0 Å². The van der Waals surface area contributed by atoms with Crippen LogP contribution in [0, 0.1) is 16.0 Å². The number of rotatable bonds is 5. The summed E-state index contributed by atoms with van der Waals surface area (Å²) in [4.78, 5) is 14.2. The van der Waals surface area contributed by atoms with Crippen molar-refractivity contribution in [3.05, 3.63) is 46.5 Å². The topological polar surface area (TPSA) is 99.9 Å². The molecule has 19 heavy (non-hydrogen) atoms. The third-order valence-corrected chi connectivity index (χ3v) is 2.84. The summed E-state index contributed by atoms with van der Waals surface area (Å²) in [5, 5.41) is 14.9. The second kappa shape index (κ2) is 5.47. The largest absolute Gasteiger partial charge is 0.393 e. The summed E-state index contributed by atoms with van der Waals surface area (Å²) in [6, 6.07) is 4.93. The summed E-state index contributed by atoms with van der Waals surface area (Å²) in [5.74, 6) is 0.296. The molecule has 0 aliphatic heterocycles. The molecule has 2 N–H and O–H groups in total. The summed E-state index contributed by atoms with van der Waals surface area (Å²) >= 11 is 0. The fourth-order valence-electron chi connectivity index (χ4n) is 1.99. The van der Waals surface area contributed by atoms with Gasteiger partial charge in [-0.25, -0.2) is 4.98 Å². The molecule has 0 aliphatic rings. The predicted octanol–water partition coefficient (Wildman–Crippen LogP) is 1.65. The van der Waals surface area contributed by atoms with Crippen molar-refractivity contribution in [1.29, 1.82) is 0 Å². The van der Waals surface area contributed by atoms with Crippen LogP contribution in [0.1, 0.15) is 12.5 Å². The highest BCUT2D eigenvalue weighted by atomic mass is 16.6. The molecule has 0 fully saturated rings. The fraction of sp³-hybridized carbons (Fsp3) is 0.333. The van der Waals surface area contributed by atoms with E-state index in [1.807, 2.05) is 6.07 Å². The Hall–Kier alpha value is -2.44. The van der Waals surface area contributed by atoms with Gasteiger partial charge in [0, 0.05) is 12.6 Å². The van der Waals surface area contributed by atoms with E-state index in [-0.39, 0.29) is 11.4 Å². The van der Waals surface area contributed by atoms with Crippen molar-refractivity contribution in [3.8, 4) is 0 Å². The smallest absolute Gasteiger partial charge is 0.292 e. The van der Waals surface area contributed by atoms with Crippen LogP contribution in [0.5, 0.6) is 0 Å². The lowest BCUT2D eigenvalue weighted by molar-refractivity contribution is -0.384. The van der Waals surface area contributed by atoms with Gasteiger partial charge in [0.05, 0.1) is 4.92 Å². The number of aromatic nitrogens is 3. The quantitative estimate of drug-likeness (QED) is 0.501. The number of nitro groups is 1. The van der Waals surface area contributed by atoms with Crippen molar-refractivity contribution < 1.29 is 4.92 Å². The minimum absolute atomic E-state index is 0.0366. The Morgan fingerprint density at radius 2 is 2.32 bits per heavy atom. The molecule has 2 rings (SSSR count). The molecule has 7 heteroatoms. The molecule has 0 aliphatic carbocycles. The van der Waals surface area contributed by atoms with E-state index in [1.54, 1.807) is 17.1 Å². The maximum atomic E-state index is 10.8. The zero-order valence-electron chi connectivity index (χ0n) is 10.6. The fourth-order valence-corrected chi connectivity index (χ4v) is 1.99. The lowest BCUT2D eigenvalue weighted by atomic mass is 10.0. The molecule has 0 radical (unpaired) electrons. The third kappa shape index (κ3) is 3.27. The van der Waals surface area contributed by atoms with Gasteiger partial charge < -0.3 is 5.73 Å². The van der Waals surface area contributed by atoms with Gasteiger partial charge in [-0.3, -0.25) is 14.8 Å². The first kappa shape index (κ1) is 13.0. The molecule has 0 saturated carbocycles. The number of nitro benzene ring substituents is 1. The molecule has 7 nitrogen and oxygen atoms in total. The minimum Gasteiger partial charge on any atom is -0.393 e. The molecular weight excluding hydrogens is 246 g/mol. The Kier molecular flexibility index (Phi) is 3.74. The standard InChI is InChI=1S/C12H15N5O2/c1-9(6-16-8-14-7-15-16)4-10-2-3-11(13)12(5-10)17(18)19/h2-3,5,7-9H,4,6,13H2,1H3. The Labute approximate surface area is 110 Å². The number of nitrogen functional groups attached to an aromatic ring is 1. The summed E-state index contributed by atoms with van der Waals surface area (Å²) in [6.07, 6.45) is 3.86. The maximum Gasteiger partial charge on any atom is 0.292 e. The van der Waals surface area contributed by atoms with Crippen LogP contribution in [0.4, 0.5) is 11.4 Å². The van der Waals surface area contributed by atoms with Gasteiger partial charge in [0.15, 0.2) is 0 Å². The molecule has 100 valence electrons. The molecule has 1 heterocycles. The third-order valence-electron chi connectivity index (χ3n) is 2.84. The lowest BCUT2D eigenvalue weighted by Crippen LogP contribution is -2.11. The van der Waals surface area contributed by atoms with Crippen molar-refractivity contribution >= 4 is 11.4 Å². The first-order valence-corrected chi connectivity index (χ1v) is 5.91. The molecular formula is C12H15N5O2. The molecule has 2 aromatic rings. The van der Waals surface area contributed by atoms with E-state index in [2.05, 4.69) is 17.0 Å². The van der Waals surface area contributed by atoms with Crippen molar-refractivity contribution in [3.63, 3.8) is 0 Å². The van der Waals surface area contributed by atoms with Crippen LogP contribution in [0.2, 0.25) is 0 Å². The van der Waals surface area contributed by atoms with E-state index in [0.717, 1.165) is 18.5 Å². The highest BCUT2D eigenvalue weighted by molar-refractivity contribution is 5.59. The van der Waals surface area contributed by atoms with E-state index in [9.17, 15) is 10.1 Å². The van der Waals surface area contributed by atoms with Gasteiger partial charge >= 0.3 is 0 Å². The Morgan fingerprint density at radius 3 is 2.95 bits per heavy atom. The molecule has 1 aromatic carbocycles.